The van der Waals surface area contributed by atoms with Crippen molar-refractivity contribution in [3.05, 3.63) is 11.6 Å². The van der Waals surface area contributed by atoms with Crippen molar-refractivity contribution in [3.63, 3.8) is 0 Å². The minimum Gasteiger partial charge on any atom is -0.478 e. The van der Waals surface area contributed by atoms with Gasteiger partial charge in [0.1, 0.15) is 0 Å². The van der Waals surface area contributed by atoms with Crippen molar-refractivity contribution >= 4 is 5.97 Å². The Balaban J connectivity index is 2.82. The second kappa shape index (κ2) is 4.38. The molecule has 0 saturated heterocycles. The molecule has 0 aromatic rings. The monoisotopic (exact) mass is 210 g/mol. The van der Waals surface area contributed by atoms with Crippen molar-refractivity contribution in [2.75, 3.05) is 0 Å². The van der Waals surface area contributed by atoms with Crippen molar-refractivity contribution in [3.8, 4) is 0 Å². The molecule has 2 atom stereocenters. The van der Waals surface area contributed by atoms with E-state index in [-0.39, 0.29) is 11.3 Å². The predicted molar refractivity (Wildman–Crippen MR) is 61.7 cm³/mol. The van der Waals surface area contributed by atoms with Gasteiger partial charge in [-0.2, -0.15) is 0 Å². The molecule has 0 aromatic carbocycles. The molecule has 1 saturated carbocycles. The summed E-state index contributed by atoms with van der Waals surface area (Å²) in [7, 11) is 0. The summed E-state index contributed by atoms with van der Waals surface area (Å²) < 4.78 is 0. The summed E-state index contributed by atoms with van der Waals surface area (Å²) in [6, 6.07) is 0. The zero-order chi connectivity index (χ0) is 11.6. The number of carbonyl (C=O) groups is 1. The van der Waals surface area contributed by atoms with Crippen LogP contribution in [-0.2, 0) is 4.79 Å². The zero-order valence-electron chi connectivity index (χ0n) is 10.2. The first-order chi connectivity index (χ1) is 6.85. The molecule has 1 aliphatic rings. The van der Waals surface area contributed by atoms with Crippen molar-refractivity contribution < 1.29 is 9.90 Å². The second-order valence-electron chi connectivity index (χ2n) is 5.66. The Bertz CT molecular complexity index is 276. The van der Waals surface area contributed by atoms with Crippen molar-refractivity contribution in [2.24, 2.45) is 17.3 Å². The van der Waals surface area contributed by atoms with E-state index in [1.165, 1.54) is 6.42 Å². The van der Waals surface area contributed by atoms with E-state index in [9.17, 15) is 4.79 Å². The molecular formula is C13H22O2. The lowest BCUT2D eigenvalue weighted by atomic mass is 9.66. The first-order valence-electron chi connectivity index (χ1n) is 5.75. The third-order valence-corrected chi connectivity index (χ3v) is 3.38. The summed E-state index contributed by atoms with van der Waals surface area (Å²) >= 11 is 0. The summed E-state index contributed by atoms with van der Waals surface area (Å²) in [5.74, 6) is 0.131. The van der Waals surface area contributed by atoms with E-state index in [1.54, 1.807) is 6.08 Å². The van der Waals surface area contributed by atoms with Crippen molar-refractivity contribution in [1.29, 1.82) is 0 Å². The lowest BCUT2D eigenvalue weighted by molar-refractivity contribution is -0.133. The van der Waals surface area contributed by atoms with Gasteiger partial charge in [0.2, 0.25) is 0 Å². The summed E-state index contributed by atoms with van der Waals surface area (Å²) in [5, 5.41) is 9.11. The van der Waals surface area contributed by atoms with Crippen molar-refractivity contribution in [1.82, 2.24) is 0 Å². The largest absolute Gasteiger partial charge is 0.478 e. The van der Waals surface area contributed by atoms with Crippen LogP contribution in [0.5, 0.6) is 0 Å². The van der Waals surface area contributed by atoms with Crippen LogP contribution >= 0.6 is 0 Å². The SMILES string of the molecule is C/C=C(\C(=O)O)C1CC(C)CC(C)(C)C1. The number of aliphatic carboxylic acids is 1. The van der Waals surface area contributed by atoms with Gasteiger partial charge in [-0.15, -0.1) is 0 Å². The van der Waals surface area contributed by atoms with Gasteiger partial charge in [0.15, 0.2) is 0 Å². The fourth-order valence-corrected chi connectivity index (χ4v) is 3.12. The number of allylic oxidation sites excluding steroid dienone is 1. The lowest BCUT2D eigenvalue weighted by Crippen LogP contribution is -2.30. The third-order valence-electron chi connectivity index (χ3n) is 3.38. The Labute approximate surface area is 92.4 Å². The van der Waals surface area contributed by atoms with E-state index in [1.807, 2.05) is 6.92 Å². The fourth-order valence-electron chi connectivity index (χ4n) is 3.12. The number of carboxylic acid groups (broad SMARTS) is 1. The molecule has 1 N–H and O–H groups in total. The Morgan fingerprint density at radius 3 is 2.40 bits per heavy atom. The van der Waals surface area contributed by atoms with Gasteiger partial charge < -0.3 is 5.11 Å². The Kier molecular flexibility index (Phi) is 3.58. The van der Waals surface area contributed by atoms with Crippen LogP contribution in [0.1, 0.15) is 47.0 Å². The summed E-state index contributed by atoms with van der Waals surface area (Å²) in [6.45, 7) is 8.54. The van der Waals surface area contributed by atoms with E-state index in [0.717, 1.165) is 12.8 Å². The number of carboxylic acids is 1. The molecule has 15 heavy (non-hydrogen) atoms. The summed E-state index contributed by atoms with van der Waals surface area (Å²) in [6.07, 6.45) is 5.00. The minimum atomic E-state index is -0.743. The highest BCUT2D eigenvalue weighted by Gasteiger charge is 2.35. The normalized spacial score (nSPS) is 31.3. The van der Waals surface area contributed by atoms with E-state index < -0.39 is 5.97 Å². The molecule has 0 amide bonds. The van der Waals surface area contributed by atoms with Crippen LogP contribution in [0, 0.1) is 17.3 Å². The van der Waals surface area contributed by atoms with Crippen LogP contribution in [0.15, 0.2) is 11.6 Å². The van der Waals surface area contributed by atoms with Crippen molar-refractivity contribution in [2.45, 2.75) is 47.0 Å². The molecule has 0 aromatic heterocycles. The standard InChI is InChI=1S/C13H22O2/c1-5-11(12(14)15)10-6-9(2)7-13(3,4)8-10/h5,9-10H,6-8H2,1-4H3,(H,14,15)/b11-5-. The molecule has 0 heterocycles. The molecule has 0 radical (unpaired) electrons. The molecule has 1 fully saturated rings. The molecule has 2 unspecified atom stereocenters. The van der Waals surface area contributed by atoms with Crippen LogP contribution in [0.2, 0.25) is 0 Å². The van der Waals surface area contributed by atoms with E-state index in [0.29, 0.717) is 11.5 Å². The van der Waals surface area contributed by atoms with Crippen LogP contribution < -0.4 is 0 Å². The molecule has 2 heteroatoms. The lowest BCUT2D eigenvalue weighted by Gasteiger charge is -2.39. The average Bonchev–Trinajstić information content (AvgIpc) is 1.99. The second-order valence-corrected chi connectivity index (χ2v) is 5.66. The van der Waals surface area contributed by atoms with E-state index >= 15 is 0 Å². The quantitative estimate of drug-likeness (QED) is 0.708. The van der Waals surface area contributed by atoms with Gasteiger partial charge in [0.25, 0.3) is 0 Å². The summed E-state index contributed by atoms with van der Waals surface area (Å²) in [5.41, 5.74) is 0.890. The average molecular weight is 210 g/mol. The highest BCUT2D eigenvalue weighted by atomic mass is 16.4. The first kappa shape index (κ1) is 12.3. The van der Waals surface area contributed by atoms with Gasteiger partial charge in [-0.1, -0.05) is 26.8 Å². The van der Waals surface area contributed by atoms with E-state index in [4.69, 9.17) is 5.11 Å². The van der Waals surface area contributed by atoms with Crippen LogP contribution in [-0.4, -0.2) is 11.1 Å². The molecule has 1 aliphatic carbocycles. The summed E-state index contributed by atoms with van der Waals surface area (Å²) in [4.78, 5) is 11.1. The molecule has 0 spiro atoms. The highest BCUT2D eigenvalue weighted by Crippen LogP contribution is 2.44. The Hall–Kier alpha value is -0.790. The Morgan fingerprint density at radius 1 is 1.40 bits per heavy atom. The maximum absolute atomic E-state index is 11.1. The molecular weight excluding hydrogens is 188 g/mol. The zero-order valence-corrected chi connectivity index (χ0v) is 10.2. The topological polar surface area (TPSA) is 37.3 Å². The molecule has 86 valence electrons. The van der Waals surface area contributed by atoms with Crippen LogP contribution in [0.4, 0.5) is 0 Å². The smallest absolute Gasteiger partial charge is 0.331 e. The number of rotatable bonds is 2. The minimum absolute atomic E-state index is 0.242. The van der Waals surface area contributed by atoms with Gasteiger partial charge in [0, 0.05) is 5.57 Å². The van der Waals surface area contributed by atoms with Gasteiger partial charge >= 0.3 is 5.97 Å². The van der Waals surface area contributed by atoms with Gasteiger partial charge in [-0.3, -0.25) is 0 Å². The third kappa shape index (κ3) is 3.08. The predicted octanol–water partition coefficient (Wildman–Crippen LogP) is 3.48. The van der Waals surface area contributed by atoms with Gasteiger partial charge in [-0.05, 0) is 43.4 Å². The van der Waals surface area contributed by atoms with Gasteiger partial charge in [-0.25, -0.2) is 4.79 Å². The van der Waals surface area contributed by atoms with Crippen LogP contribution in [0.3, 0.4) is 0 Å². The molecule has 1 rings (SSSR count). The maximum Gasteiger partial charge on any atom is 0.331 e. The highest BCUT2D eigenvalue weighted by molar-refractivity contribution is 5.87. The first-order valence-corrected chi connectivity index (χ1v) is 5.75. The molecule has 2 nitrogen and oxygen atoms in total. The maximum atomic E-state index is 11.1. The van der Waals surface area contributed by atoms with E-state index in [2.05, 4.69) is 20.8 Å². The number of hydrogen-bond acceptors (Lipinski definition) is 1. The molecule has 0 aliphatic heterocycles. The van der Waals surface area contributed by atoms with Gasteiger partial charge in [0.05, 0.1) is 0 Å². The number of hydrogen-bond donors (Lipinski definition) is 1. The Morgan fingerprint density at radius 2 is 2.00 bits per heavy atom. The fraction of sp³-hybridized carbons (Fsp3) is 0.769. The van der Waals surface area contributed by atoms with Crippen LogP contribution in [0.25, 0.3) is 0 Å². The molecule has 0 bridgehead atoms.